The van der Waals surface area contributed by atoms with Gasteiger partial charge in [-0.05, 0) is 0 Å². The monoisotopic (exact) mass is 152 g/mol. The van der Waals surface area contributed by atoms with Gasteiger partial charge in [0, 0.05) is 0 Å². The van der Waals surface area contributed by atoms with Gasteiger partial charge < -0.3 is 0 Å². The van der Waals surface area contributed by atoms with Crippen molar-refractivity contribution in [2.75, 3.05) is 0 Å². The van der Waals surface area contributed by atoms with Gasteiger partial charge in [0.1, 0.15) is 0 Å². The first-order valence-electron chi connectivity index (χ1n) is 2.11. The molecular weight excluding hydrogens is 147 g/mol. The van der Waals surface area contributed by atoms with E-state index in [0.29, 0.717) is 0 Å². The van der Waals surface area contributed by atoms with Crippen LogP contribution in [-0.4, -0.2) is 4.98 Å². The first-order chi connectivity index (χ1) is 3.93. The van der Waals surface area contributed by atoms with Crippen LogP contribution in [0.25, 0.3) is 0 Å². The molecule has 3 heteroatoms. The van der Waals surface area contributed by atoms with Gasteiger partial charge in [0.05, 0.1) is 0 Å². The summed E-state index contributed by atoms with van der Waals surface area (Å²) in [6, 6.07) is 5.65. The molecule has 0 atom stereocenters. The molecule has 2 N–H and O–H groups in total. The number of nitrogens with zero attached hydrogens (tertiary/aromatic N) is 1. The maximum atomic E-state index is 5.22. The fourth-order valence-electron chi connectivity index (χ4n) is 0.385. The van der Waals surface area contributed by atoms with Crippen molar-refractivity contribution < 1.29 is 14.7 Å². The Kier molecular flexibility index (Phi) is 2.01. The number of aromatic nitrogens is 1. The molecule has 0 bridgehead atoms. The van der Waals surface area contributed by atoms with Crippen LogP contribution in [0, 0.1) is 0 Å². The van der Waals surface area contributed by atoms with Gasteiger partial charge in [-0.2, -0.15) is 0 Å². The van der Waals surface area contributed by atoms with E-state index in [9.17, 15) is 0 Å². The third-order valence-corrected chi connectivity index (χ3v) is 1.29. The molecule has 0 aromatic carbocycles. The number of rotatable bonds is 1. The topological polar surface area (TPSA) is 38.9 Å². The van der Waals surface area contributed by atoms with Crippen molar-refractivity contribution in [3.8, 4) is 0 Å². The molecule has 0 unspecified atom stereocenters. The Morgan fingerprint density at radius 3 is 2.75 bits per heavy atom. The number of hydrogen-bond acceptors (Lipinski definition) is 2. The summed E-state index contributed by atoms with van der Waals surface area (Å²) in [6.07, 6.45) is 1.72. The van der Waals surface area contributed by atoms with Crippen LogP contribution in [0.5, 0.6) is 0 Å². The Hall–Kier alpha value is -0.396. The van der Waals surface area contributed by atoms with Crippen LogP contribution < -0.4 is 9.48 Å². The summed E-state index contributed by atoms with van der Waals surface area (Å²) in [7, 11) is 0. The van der Waals surface area contributed by atoms with E-state index in [2.05, 4.69) is 4.98 Å². The molecule has 0 amide bonds. The van der Waals surface area contributed by atoms with Crippen LogP contribution in [0.2, 0.25) is 0 Å². The van der Waals surface area contributed by atoms with Crippen molar-refractivity contribution in [2.45, 2.75) is 0 Å². The van der Waals surface area contributed by atoms with Crippen LogP contribution in [0.3, 0.4) is 0 Å². The van der Waals surface area contributed by atoms with Crippen molar-refractivity contribution in [1.82, 2.24) is 4.98 Å². The third-order valence-electron chi connectivity index (χ3n) is 0.704. The molecule has 0 saturated carbocycles. The van der Waals surface area contributed by atoms with Gasteiger partial charge >= 0.3 is 53.5 Å². The molecule has 1 rings (SSSR count). The number of nitrogens with two attached hydrogens (primary N) is 1. The average Bonchev–Trinajstić information content (AvgIpc) is 1.90. The van der Waals surface area contributed by atoms with Crippen molar-refractivity contribution in [1.29, 1.82) is 0 Å². The van der Waals surface area contributed by atoms with E-state index in [4.69, 9.17) is 4.81 Å². The summed E-state index contributed by atoms with van der Waals surface area (Å²) in [5, 5.41) is 0. The molecule has 0 radical (unpaired) electrons. The van der Waals surface area contributed by atoms with Crippen molar-refractivity contribution in [3.05, 3.63) is 24.4 Å². The zero-order chi connectivity index (χ0) is 5.82. The molecule has 1 aromatic rings. The molecule has 1 heterocycles. The Morgan fingerprint density at radius 1 is 1.50 bits per heavy atom. The van der Waals surface area contributed by atoms with E-state index >= 15 is 0 Å². The predicted molar refractivity (Wildman–Crippen MR) is 28.1 cm³/mol. The first kappa shape index (κ1) is 5.74. The summed E-state index contributed by atoms with van der Waals surface area (Å²) < 4.78 is 0.875. The summed E-state index contributed by atoms with van der Waals surface area (Å²) in [4.78, 5) is 9.17. The van der Waals surface area contributed by atoms with Gasteiger partial charge in [0.25, 0.3) is 0 Å². The summed E-state index contributed by atoms with van der Waals surface area (Å²) >= 11 is 1.00. The molecule has 0 aliphatic heterocycles. The Bertz CT molecular complexity index is 152. The van der Waals surface area contributed by atoms with Crippen molar-refractivity contribution in [2.24, 2.45) is 4.81 Å². The van der Waals surface area contributed by atoms with Gasteiger partial charge in [-0.15, -0.1) is 0 Å². The molecular formula is C5H6N2Ni. The number of hydrogen-bond donors (Lipinski definition) is 1. The summed E-state index contributed by atoms with van der Waals surface area (Å²) in [6.45, 7) is 0. The summed E-state index contributed by atoms with van der Waals surface area (Å²) in [5.74, 6) is 0. The van der Waals surface area contributed by atoms with Crippen molar-refractivity contribution in [3.63, 3.8) is 0 Å². The van der Waals surface area contributed by atoms with Crippen LogP contribution in [0.1, 0.15) is 0 Å². The van der Waals surface area contributed by atoms with E-state index < -0.39 is 0 Å². The fourth-order valence-corrected chi connectivity index (χ4v) is 0.723. The van der Waals surface area contributed by atoms with Crippen LogP contribution >= 0.6 is 0 Å². The van der Waals surface area contributed by atoms with Crippen LogP contribution in [0.4, 0.5) is 0 Å². The van der Waals surface area contributed by atoms with E-state index in [1.807, 2.05) is 18.2 Å². The van der Waals surface area contributed by atoms with Gasteiger partial charge in [-0.3, -0.25) is 0 Å². The van der Waals surface area contributed by atoms with Gasteiger partial charge in [-0.1, -0.05) is 0 Å². The normalized spacial score (nSPS) is 9.62. The Balaban J connectivity index is 2.83. The quantitative estimate of drug-likeness (QED) is 0.560. The Morgan fingerprint density at radius 2 is 2.38 bits per heavy atom. The zero-order valence-corrected chi connectivity index (χ0v) is 5.14. The fraction of sp³-hybridized carbons (Fsp3) is 0. The van der Waals surface area contributed by atoms with Gasteiger partial charge in [0.2, 0.25) is 0 Å². The van der Waals surface area contributed by atoms with Crippen molar-refractivity contribution >= 4 is 4.66 Å². The molecule has 46 valence electrons. The first-order valence-corrected chi connectivity index (χ1v) is 3.18. The minimum atomic E-state index is 0.875. The van der Waals surface area contributed by atoms with Gasteiger partial charge in [0.15, 0.2) is 0 Å². The molecule has 8 heavy (non-hydrogen) atoms. The summed E-state index contributed by atoms with van der Waals surface area (Å²) in [5.41, 5.74) is 0. The average molecular weight is 153 g/mol. The maximum absolute atomic E-state index is 5.22. The van der Waals surface area contributed by atoms with Gasteiger partial charge in [-0.25, -0.2) is 0 Å². The van der Waals surface area contributed by atoms with E-state index in [1.54, 1.807) is 6.20 Å². The second-order valence-electron chi connectivity index (χ2n) is 1.21. The molecule has 0 saturated heterocycles. The minimum absolute atomic E-state index is 0.875. The molecule has 2 nitrogen and oxygen atoms in total. The standard InChI is InChI=1S/C5H4N.H2N.Ni/c1-2-4-6-5-3-1;;/h1-4H;1H2;/q;-1;+1. The van der Waals surface area contributed by atoms with E-state index in [-0.39, 0.29) is 0 Å². The van der Waals surface area contributed by atoms with E-state index in [0.717, 1.165) is 19.3 Å². The molecule has 0 fully saturated rings. The van der Waals surface area contributed by atoms with Crippen LogP contribution in [0.15, 0.2) is 24.4 Å². The third kappa shape index (κ3) is 1.29. The molecule has 1 aromatic heterocycles. The molecule has 0 spiro atoms. The second kappa shape index (κ2) is 2.80. The van der Waals surface area contributed by atoms with Crippen LogP contribution in [-0.2, 0) is 14.7 Å². The molecule has 0 aliphatic rings. The van der Waals surface area contributed by atoms with E-state index in [1.165, 1.54) is 0 Å². The molecule has 0 aliphatic carbocycles. The zero-order valence-electron chi connectivity index (χ0n) is 4.15. The second-order valence-corrected chi connectivity index (χ2v) is 2.00. The SMILES string of the molecule is [NH2][Ni][c]1ccccn1. The predicted octanol–water partition coefficient (Wildman–Crippen LogP) is -0.337. The Labute approximate surface area is 54.1 Å². The number of pyridine rings is 1.